The maximum atomic E-state index is 13.1. The van der Waals surface area contributed by atoms with Crippen molar-refractivity contribution in [3.05, 3.63) is 30.1 Å². The molecule has 0 aliphatic carbocycles. The molecule has 158 valence electrons. The van der Waals surface area contributed by atoms with Gasteiger partial charge in [0.2, 0.25) is 0 Å². The molecular weight excluding hydrogens is 393 g/mol. The van der Waals surface area contributed by atoms with E-state index in [1.807, 2.05) is 6.07 Å². The first-order valence-electron chi connectivity index (χ1n) is 10.4. The van der Waals surface area contributed by atoms with E-state index in [-0.39, 0.29) is 0 Å². The molecule has 0 aromatic carbocycles. The SMILES string of the molecule is FC(F)(F)C1=NN=C2CCC(N3CCC(c4c[nH]c5ncccc45)CC3)=NCCC21. The largest absolute Gasteiger partial charge is 0.431 e. The monoisotopic (exact) mass is 416 g/mol. The van der Waals surface area contributed by atoms with Crippen molar-refractivity contribution in [3.8, 4) is 0 Å². The summed E-state index contributed by atoms with van der Waals surface area (Å²) >= 11 is 0. The van der Waals surface area contributed by atoms with Crippen molar-refractivity contribution in [1.82, 2.24) is 14.9 Å². The van der Waals surface area contributed by atoms with Crippen molar-refractivity contribution >= 4 is 28.3 Å². The van der Waals surface area contributed by atoms with Crippen LogP contribution in [0.3, 0.4) is 0 Å². The molecule has 0 spiro atoms. The minimum absolute atomic E-state index is 0.319. The summed E-state index contributed by atoms with van der Waals surface area (Å²) in [5.41, 5.74) is 2.03. The average Bonchev–Trinajstić information content (AvgIpc) is 3.32. The van der Waals surface area contributed by atoms with Gasteiger partial charge in [-0.1, -0.05) is 0 Å². The molecule has 1 N–H and O–H groups in total. The number of hydrogen-bond acceptors (Lipinski definition) is 5. The summed E-state index contributed by atoms with van der Waals surface area (Å²) in [6.45, 7) is 2.18. The lowest BCUT2D eigenvalue weighted by Crippen LogP contribution is -2.40. The zero-order valence-electron chi connectivity index (χ0n) is 16.5. The number of likely N-dealkylation sites (tertiary alicyclic amines) is 1. The Kier molecular flexibility index (Phi) is 4.83. The van der Waals surface area contributed by atoms with Gasteiger partial charge < -0.3 is 9.88 Å². The van der Waals surface area contributed by atoms with Crippen molar-refractivity contribution in [2.75, 3.05) is 19.6 Å². The molecular formula is C21H23F3N6. The molecule has 0 amide bonds. The number of alkyl halides is 3. The molecule has 2 aromatic heterocycles. The number of fused-ring (bicyclic) bond motifs is 2. The number of aromatic nitrogens is 2. The Balaban J connectivity index is 1.23. The second kappa shape index (κ2) is 7.52. The van der Waals surface area contributed by atoms with Gasteiger partial charge in [0.15, 0.2) is 5.71 Å². The molecule has 1 atom stereocenters. The van der Waals surface area contributed by atoms with Gasteiger partial charge in [-0.2, -0.15) is 18.3 Å². The molecule has 2 aromatic rings. The van der Waals surface area contributed by atoms with Crippen LogP contribution in [-0.4, -0.2) is 57.9 Å². The lowest BCUT2D eigenvalue weighted by Gasteiger charge is -2.35. The maximum absolute atomic E-state index is 13.1. The zero-order valence-corrected chi connectivity index (χ0v) is 16.5. The Morgan fingerprint density at radius 1 is 1.07 bits per heavy atom. The molecule has 3 aliphatic heterocycles. The van der Waals surface area contributed by atoms with Crippen LogP contribution in [0, 0.1) is 5.92 Å². The van der Waals surface area contributed by atoms with E-state index in [1.54, 1.807) is 6.20 Å². The number of rotatable bonds is 1. The summed E-state index contributed by atoms with van der Waals surface area (Å²) in [5.74, 6) is 0.742. The molecule has 1 fully saturated rings. The third kappa shape index (κ3) is 3.50. The molecule has 5 rings (SSSR count). The maximum Gasteiger partial charge on any atom is 0.431 e. The number of amidine groups is 1. The van der Waals surface area contributed by atoms with Gasteiger partial charge in [-0.25, -0.2) is 4.98 Å². The predicted octanol–water partition coefficient (Wildman–Crippen LogP) is 4.31. The van der Waals surface area contributed by atoms with Crippen LogP contribution in [0.25, 0.3) is 11.0 Å². The van der Waals surface area contributed by atoms with Crippen LogP contribution < -0.4 is 0 Å². The van der Waals surface area contributed by atoms with Gasteiger partial charge >= 0.3 is 6.18 Å². The number of nitrogens with zero attached hydrogens (tertiary/aromatic N) is 5. The minimum Gasteiger partial charge on any atom is -0.360 e. The van der Waals surface area contributed by atoms with E-state index >= 15 is 0 Å². The number of nitrogens with one attached hydrogen (secondary N) is 1. The van der Waals surface area contributed by atoms with Gasteiger partial charge in [-0.3, -0.25) is 4.99 Å². The van der Waals surface area contributed by atoms with Gasteiger partial charge in [0, 0.05) is 43.8 Å². The van der Waals surface area contributed by atoms with Crippen molar-refractivity contribution < 1.29 is 13.2 Å². The Hall–Kier alpha value is -2.71. The molecule has 5 heterocycles. The summed E-state index contributed by atoms with van der Waals surface area (Å²) in [5, 5.41) is 8.49. The van der Waals surface area contributed by atoms with Gasteiger partial charge in [0.1, 0.15) is 5.65 Å². The van der Waals surface area contributed by atoms with Crippen molar-refractivity contribution in [2.45, 2.75) is 44.2 Å². The second-order valence-electron chi connectivity index (χ2n) is 8.12. The van der Waals surface area contributed by atoms with E-state index < -0.39 is 17.8 Å². The molecule has 3 aliphatic rings. The van der Waals surface area contributed by atoms with Crippen LogP contribution in [-0.2, 0) is 0 Å². The van der Waals surface area contributed by atoms with Crippen molar-refractivity contribution in [2.24, 2.45) is 21.1 Å². The normalized spacial score (nSPS) is 23.5. The third-order valence-electron chi connectivity index (χ3n) is 6.41. The summed E-state index contributed by atoms with van der Waals surface area (Å²) in [7, 11) is 0. The molecule has 1 unspecified atom stereocenters. The van der Waals surface area contributed by atoms with E-state index in [1.165, 1.54) is 10.9 Å². The molecule has 30 heavy (non-hydrogen) atoms. The van der Waals surface area contributed by atoms with E-state index in [0.29, 0.717) is 37.4 Å². The first kappa shape index (κ1) is 19.3. The smallest absolute Gasteiger partial charge is 0.360 e. The van der Waals surface area contributed by atoms with Crippen LogP contribution >= 0.6 is 0 Å². The Labute approximate surface area is 172 Å². The number of aromatic amines is 1. The molecule has 9 heteroatoms. The minimum atomic E-state index is -4.42. The Bertz CT molecular complexity index is 1030. The summed E-state index contributed by atoms with van der Waals surface area (Å²) in [4.78, 5) is 14.6. The number of hydrogen-bond donors (Lipinski definition) is 1. The number of piperidine rings is 1. The fraction of sp³-hybridized carbons (Fsp3) is 0.524. The lowest BCUT2D eigenvalue weighted by molar-refractivity contribution is -0.0616. The predicted molar refractivity (Wildman–Crippen MR) is 110 cm³/mol. The summed E-state index contributed by atoms with van der Waals surface area (Å²) in [6, 6.07) is 4.07. The molecule has 0 radical (unpaired) electrons. The Morgan fingerprint density at radius 3 is 2.70 bits per heavy atom. The van der Waals surface area contributed by atoms with Gasteiger partial charge in [0.25, 0.3) is 0 Å². The lowest BCUT2D eigenvalue weighted by atomic mass is 9.88. The summed E-state index contributed by atoms with van der Waals surface area (Å²) < 4.78 is 39.4. The second-order valence-corrected chi connectivity index (χ2v) is 8.12. The van der Waals surface area contributed by atoms with E-state index in [9.17, 15) is 13.2 Å². The van der Waals surface area contributed by atoms with Crippen molar-refractivity contribution in [3.63, 3.8) is 0 Å². The topological polar surface area (TPSA) is 69.0 Å². The van der Waals surface area contributed by atoms with Gasteiger partial charge in [0.05, 0.1) is 17.5 Å². The highest BCUT2D eigenvalue weighted by Gasteiger charge is 2.45. The highest BCUT2D eigenvalue weighted by molar-refractivity contribution is 6.13. The zero-order chi connectivity index (χ0) is 20.7. The molecule has 0 saturated carbocycles. The fourth-order valence-corrected chi connectivity index (χ4v) is 4.86. The van der Waals surface area contributed by atoms with Gasteiger partial charge in [-0.15, -0.1) is 5.10 Å². The van der Waals surface area contributed by atoms with E-state index in [2.05, 4.69) is 42.3 Å². The number of aliphatic imine (C=N–C) groups is 1. The first-order chi connectivity index (χ1) is 14.5. The van der Waals surface area contributed by atoms with Crippen LogP contribution in [0.2, 0.25) is 0 Å². The first-order valence-corrected chi connectivity index (χ1v) is 10.4. The van der Waals surface area contributed by atoms with Crippen LogP contribution in [0.15, 0.2) is 39.7 Å². The number of halogens is 3. The average molecular weight is 416 g/mol. The van der Waals surface area contributed by atoms with E-state index in [0.717, 1.165) is 37.4 Å². The highest BCUT2D eigenvalue weighted by Crippen LogP contribution is 2.34. The highest BCUT2D eigenvalue weighted by atomic mass is 19.4. The molecule has 1 saturated heterocycles. The Morgan fingerprint density at radius 2 is 1.90 bits per heavy atom. The third-order valence-corrected chi connectivity index (χ3v) is 6.41. The van der Waals surface area contributed by atoms with Crippen LogP contribution in [0.4, 0.5) is 13.2 Å². The summed E-state index contributed by atoms with van der Waals surface area (Å²) in [6.07, 6.45) is 2.92. The van der Waals surface area contributed by atoms with Crippen molar-refractivity contribution in [1.29, 1.82) is 0 Å². The molecule has 0 bridgehead atoms. The fourth-order valence-electron chi connectivity index (χ4n) is 4.86. The number of H-pyrrole nitrogens is 1. The molecule has 6 nitrogen and oxygen atoms in total. The van der Waals surface area contributed by atoms with Gasteiger partial charge in [-0.05, 0) is 49.3 Å². The number of pyridine rings is 1. The van der Waals surface area contributed by atoms with E-state index in [4.69, 9.17) is 0 Å². The van der Waals surface area contributed by atoms with Crippen LogP contribution in [0.1, 0.15) is 43.6 Å². The standard InChI is InChI=1S/C21H23F3N6/c22-21(23,24)19-15-5-9-25-18(4-3-17(15)28-29-19)30-10-6-13(7-11-30)16-12-27-20-14(16)2-1-8-26-20/h1-2,8,12-13,15H,3-7,9-11H2,(H,26,27). The quantitative estimate of drug-likeness (QED) is 0.753. The van der Waals surface area contributed by atoms with Crippen LogP contribution in [0.5, 0.6) is 0 Å².